The molecule has 4 nitrogen and oxygen atoms in total. The van der Waals surface area contributed by atoms with Gasteiger partial charge in [0.25, 0.3) is 0 Å². The summed E-state index contributed by atoms with van der Waals surface area (Å²) in [4.78, 5) is 24.9. The second-order valence-corrected chi connectivity index (χ2v) is 8.14. The summed E-state index contributed by atoms with van der Waals surface area (Å²) in [6, 6.07) is 14.3. The molecule has 0 bridgehead atoms. The Labute approximate surface area is 163 Å². The standard InChI is InChI=1S/C22H23N3OS/c1-25(14-11-16-9-12-23-13-10-16)22(26)18-7-8-19-20(15-18)27-21(24-19)17-5-3-2-4-6-17/h2-6,9-10,12-13,18H,7-8,11,14-15H2,1H3. The Hall–Kier alpha value is -2.53. The Morgan fingerprint density at radius 1 is 1.19 bits per heavy atom. The number of hydrogen-bond donors (Lipinski definition) is 0. The van der Waals surface area contributed by atoms with Crippen LogP contribution >= 0.6 is 11.3 Å². The zero-order valence-corrected chi connectivity index (χ0v) is 16.3. The second kappa shape index (κ2) is 8.01. The van der Waals surface area contributed by atoms with Crippen LogP contribution < -0.4 is 0 Å². The summed E-state index contributed by atoms with van der Waals surface area (Å²) in [7, 11) is 1.92. The van der Waals surface area contributed by atoms with Crippen LogP contribution in [0.1, 0.15) is 22.6 Å². The molecular weight excluding hydrogens is 354 g/mol. The predicted octanol–water partition coefficient (Wildman–Crippen LogP) is 4.01. The van der Waals surface area contributed by atoms with Gasteiger partial charge in [0.05, 0.1) is 5.69 Å². The van der Waals surface area contributed by atoms with Crippen LogP contribution in [0.2, 0.25) is 0 Å². The van der Waals surface area contributed by atoms with E-state index >= 15 is 0 Å². The zero-order chi connectivity index (χ0) is 18.6. The van der Waals surface area contributed by atoms with E-state index in [0.717, 1.165) is 42.8 Å². The van der Waals surface area contributed by atoms with Crippen LogP contribution in [0.3, 0.4) is 0 Å². The van der Waals surface area contributed by atoms with Gasteiger partial charge in [-0.2, -0.15) is 0 Å². The molecule has 4 rings (SSSR count). The summed E-state index contributed by atoms with van der Waals surface area (Å²) >= 11 is 1.74. The van der Waals surface area contributed by atoms with Crippen LogP contribution in [0.25, 0.3) is 10.6 Å². The number of likely N-dealkylation sites (N-methyl/N-ethyl adjacent to an activating group) is 1. The van der Waals surface area contributed by atoms with Crippen LogP contribution in [-0.4, -0.2) is 34.4 Å². The van der Waals surface area contributed by atoms with Crippen LogP contribution in [0.4, 0.5) is 0 Å². The lowest BCUT2D eigenvalue weighted by atomic mass is 9.90. The van der Waals surface area contributed by atoms with Gasteiger partial charge in [-0.25, -0.2) is 4.98 Å². The number of carbonyl (C=O) groups is 1. The SMILES string of the molecule is CN(CCc1ccncc1)C(=O)C1CCc2nc(-c3ccccc3)sc2C1. The number of benzene rings is 1. The molecule has 1 aromatic carbocycles. The molecule has 1 amide bonds. The number of carbonyl (C=O) groups excluding carboxylic acids is 1. The van der Waals surface area contributed by atoms with Gasteiger partial charge < -0.3 is 4.90 Å². The summed E-state index contributed by atoms with van der Waals surface area (Å²) in [5, 5.41) is 1.07. The first kappa shape index (κ1) is 17.9. The van der Waals surface area contributed by atoms with Crippen molar-refractivity contribution in [2.75, 3.05) is 13.6 Å². The fourth-order valence-corrected chi connectivity index (χ4v) is 4.75. The van der Waals surface area contributed by atoms with E-state index in [1.807, 2.05) is 42.3 Å². The van der Waals surface area contributed by atoms with Gasteiger partial charge in [-0.05, 0) is 43.4 Å². The van der Waals surface area contributed by atoms with Crippen molar-refractivity contribution in [2.45, 2.75) is 25.7 Å². The molecule has 0 spiro atoms. The van der Waals surface area contributed by atoms with Gasteiger partial charge in [0.15, 0.2) is 0 Å². The third-order valence-electron chi connectivity index (χ3n) is 5.17. The third-order valence-corrected chi connectivity index (χ3v) is 6.34. The van der Waals surface area contributed by atoms with Gasteiger partial charge in [-0.1, -0.05) is 30.3 Å². The van der Waals surface area contributed by atoms with E-state index in [1.165, 1.54) is 16.1 Å². The van der Waals surface area contributed by atoms with E-state index in [-0.39, 0.29) is 11.8 Å². The fraction of sp³-hybridized carbons (Fsp3) is 0.318. The van der Waals surface area contributed by atoms with Crippen LogP contribution in [0.5, 0.6) is 0 Å². The number of pyridine rings is 1. The minimum Gasteiger partial charge on any atom is -0.345 e. The van der Waals surface area contributed by atoms with Crippen molar-refractivity contribution >= 4 is 17.2 Å². The number of fused-ring (bicyclic) bond motifs is 1. The lowest BCUT2D eigenvalue weighted by molar-refractivity contribution is -0.134. The Bertz CT molecular complexity index is 908. The number of thiazole rings is 1. The van der Waals surface area contributed by atoms with Crippen molar-refractivity contribution in [2.24, 2.45) is 5.92 Å². The van der Waals surface area contributed by atoms with E-state index in [0.29, 0.717) is 0 Å². The molecule has 0 N–H and O–H groups in total. The van der Waals surface area contributed by atoms with E-state index in [1.54, 1.807) is 23.7 Å². The van der Waals surface area contributed by atoms with Crippen molar-refractivity contribution in [1.82, 2.24) is 14.9 Å². The van der Waals surface area contributed by atoms with Crippen molar-refractivity contribution in [1.29, 1.82) is 0 Å². The molecule has 2 heterocycles. The van der Waals surface area contributed by atoms with Gasteiger partial charge >= 0.3 is 0 Å². The minimum absolute atomic E-state index is 0.0732. The molecule has 138 valence electrons. The minimum atomic E-state index is 0.0732. The number of nitrogens with zero attached hydrogens (tertiary/aromatic N) is 3. The van der Waals surface area contributed by atoms with E-state index in [2.05, 4.69) is 17.1 Å². The van der Waals surface area contributed by atoms with Gasteiger partial charge in [0.2, 0.25) is 5.91 Å². The summed E-state index contributed by atoms with van der Waals surface area (Å²) < 4.78 is 0. The van der Waals surface area contributed by atoms with Gasteiger partial charge in [0, 0.05) is 42.3 Å². The Morgan fingerprint density at radius 2 is 1.96 bits per heavy atom. The Balaban J connectivity index is 1.40. The highest BCUT2D eigenvalue weighted by atomic mass is 32.1. The summed E-state index contributed by atoms with van der Waals surface area (Å²) in [6.45, 7) is 0.740. The fourth-order valence-electron chi connectivity index (χ4n) is 3.56. The van der Waals surface area contributed by atoms with Gasteiger partial charge in [-0.3, -0.25) is 9.78 Å². The topological polar surface area (TPSA) is 46.1 Å². The number of rotatable bonds is 5. The quantitative estimate of drug-likeness (QED) is 0.675. The van der Waals surface area contributed by atoms with Crippen molar-refractivity contribution in [3.63, 3.8) is 0 Å². The lowest BCUT2D eigenvalue weighted by Crippen LogP contribution is -2.36. The molecule has 2 aromatic heterocycles. The largest absolute Gasteiger partial charge is 0.345 e. The Morgan fingerprint density at radius 3 is 2.74 bits per heavy atom. The van der Waals surface area contributed by atoms with E-state index in [4.69, 9.17) is 4.98 Å². The summed E-state index contributed by atoms with van der Waals surface area (Å²) in [5.41, 5.74) is 3.56. The highest BCUT2D eigenvalue weighted by molar-refractivity contribution is 7.15. The van der Waals surface area contributed by atoms with Crippen LogP contribution in [-0.2, 0) is 24.1 Å². The highest BCUT2D eigenvalue weighted by Gasteiger charge is 2.29. The first-order valence-electron chi connectivity index (χ1n) is 9.38. The average Bonchev–Trinajstić information content (AvgIpc) is 3.16. The number of aryl methyl sites for hydroxylation is 1. The third kappa shape index (κ3) is 4.08. The Kier molecular flexibility index (Phi) is 5.30. The van der Waals surface area contributed by atoms with Crippen molar-refractivity contribution in [3.05, 3.63) is 71.0 Å². The van der Waals surface area contributed by atoms with E-state index in [9.17, 15) is 4.79 Å². The summed E-state index contributed by atoms with van der Waals surface area (Å²) in [6.07, 6.45) is 7.07. The molecular formula is C22H23N3OS. The molecule has 1 atom stereocenters. The first-order chi connectivity index (χ1) is 13.2. The highest BCUT2D eigenvalue weighted by Crippen LogP contribution is 2.35. The lowest BCUT2D eigenvalue weighted by Gasteiger charge is -2.26. The van der Waals surface area contributed by atoms with Crippen molar-refractivity contribution in [3.8, 4) is 10.6 Å². The monoisotopic (exact) mass is 377 g/mol. The maximum atomic E-state index is 12.9. The molecule has 1 aliphatic rings. The van der Waals surface area contributed by atoms with Gasteiger partial charge in [-0.15, -0.1) is 11.3 Å². The van der Waals surface area contributed by atoms with Crippen LogP contribution in [0, 0.1) is 5.92 Å². The zero-order valence-electron chi connectivity index (χ0n) is 15.5. The summed E-state index contributed by atoms with van der Waals surface area (Å²) in [5.74, 6) is 0.327. The second-order valence-electron chi connectivity index (χ2n) is 7.06. The maximum absolute atomic E-state index is 12.9. The normalized spacial score (nSPS) is 16.0. The molecule has 0 saturated carbocycles. The molecule has 27 heavy (non-hydrogen) atoms. The molecule has 3 aromatic rings. The molecule has 1 aliphatic carbocycles. The first-order valence-corrected chi connectivity index (χ1v) is 10.2. The molecule has 1 unspecified atom stereocenters. The van der Waals surface area contributed by atoms with E-state index < -0.39 is 0 Å². The van der Waals surface area contributed by atoms with Crippen LogP contribution in [0.15, 0.2) is 54.9 Å². The average molecular weight is 378 g/mol. The molecule has 0 aliphatic heterocycles. The van der Waals surface area contributed by atoms with Gasteiger partial charge in [0.1, 0.15) is 5.01 Å². The molecule has 5 heteroatoms. The van der Waals surface area contributed by atoms with Crippen molar-refractivity contribution < 1.29 is 4.79 Å². The molecule has 0 fully saturated rings. The predicted molar refractivity (Wildman–Crippen MR) is 109 cm³/mol. The molecule has 0 saturated heterocycles. The molecule has 0 radical (unpaired) electrons. The number of hydrogen-bond acceptors (Lipinski definition) is 4. The maximum Gasteiger partial charge on any atom is 0.225 e. The number of aromatic nitrogens is 2. The smallest absolute Gasteiger partial charge is 0.225 e. The number of amides is 1.